The number of rotatable bonds is 5. The summed E-state index contributed by atoms with van der Waals surface area (Å²) in [6.45, 7) is 7.37. The Morgan fingerprint density at radius 1 is 1.23 bits per heavy atom. The molecule has 0 saturated carbocycles. The van der Waals surface area contributed by atoms with Gasteiger partial charge in [-0.05, 0) is 31.2 Å². The van der Waals surface area contributed by atoms with Crippen LogP contribution < -0.4 is 0 Å². The Labute approximate surface area is 156 Å². The molecule has 1 amide bonds. The Hall–Kier alpha value is -1.69. The molecule has 0 radical (unpaired) electrons. The van der Waals surface area contributed by atoms with Gasteiger partial charge in [0.25, 0.3) is 0 Å². The van der Waals surface area contributed by atoms with Gasteiger partial charge in [-0.3, -0.25) is 9.69 Å². The summed E-state index contributed by atoms with van der Waals surface area (Å²) in [6, 6.07) is 8.49. The van der Waals surface area contributed by atoms with Gasteiger partial charge >= 0.3 is 0 Å². The SMILES string of the molecule is Cc1ccc(C[C@H]2CCN(C(=O)C=CCN3CCOCC3)C[C@@H]2O)cc1. The zero-order valence-corrected chi connectivity index (χ0v) is 15.6. The fourth-order valence-electron chi connectivity index (χ4n) is 3.64. The Balaban J connectivity index is 1.44. The minimum absolute atomic E-state index is 0.00564. The van der Waals surface area contributed by atoms with Crippen LogP contribution in [0.15, 0.2) is 36.4 Å². The molecular formula is C21H30N2O3. The first kappa shape index (κ1) is 19.1. The number of β-amino-alcohol motifs (C(OH)–C–C–N with tert-alkyl or cyclic N) is 1. The first-order valence-corrected chi connectivity index (χ1v) is 9.61. The van der Waals surface area contributed by atoms with E-state index in [2.05, 4.69) is 36.1 Å². The molecule has 2 aliphatic rings. The first-order valence-electron chi connectivity index (χ1n) is 9.61. The molecular weight excluding hydrogens is 328 g/mol. The highest BCUT2D eigenvalue weighted by molar-refractivity contribution is 5.87. The maximum atomic E-state index is 12.4. The molecule has 1 N–H and O–H groups in total. The maximum Gasteiger partial charge on any atom is 0.246 e. The van der Waals surface area contributed by atoms with Gasteiger partial charge in [-0.25, -0.2) is 0 Å². The molecule has 1 aromatic carbocycles. The van der Waals surface area contributed by atoms with Crippen molar-refractivity contribution in [2.24, 2.45) is 5.92 Å². The van der Waals surface area contributed by atoms with Gasteiger partial charge in [0.05, 0.1) is 19.3 Å². The van der Waals surface area contributed by atoms with Gasteiger partial charge < -0.3 is 14.7 Å². The smallest absolute Gasteiger partial charge is 0.246 e. The highest BCUT2D eigenvalue weighted by Crippen LogP contribution is 2.22. The highest BCUT2D eigenvalue weighted by Gasteiger charge is 2.29. The van der Waals surface area contributed by atoms with Crippen LogP contribution in [-0.2, 0) is 16.0 Å². The number of aliphatic hydroxyl groups excluding tert-OH is 1. The molecule has 2 saturated heterocycles. The Morgan fingerprint density at radius 2 is 1.96 bits per heavy atom. The van der Waals surface area contributed by atoms with E-state index < -0.39 is 6.10 Å². The standard InChI is InChI=1S/C21H30N2O3/c1-17-4-6-18(7-5-17)15-19-8-10-23(16-20(19)24)21(25)3-2-9-22-11-13-26-14-12-22/h2-7,19-20,24H,8-16H2,1H3/t19-,20+/m1/s1. The van der Waals surface area contributed by atoms with Crippen molar-refractivity contribution in [1.82, 2.24) is 9.80 Å². The Morgan fingerprint density at radius 3 is 2.65 bits per heavy atom. The lowest BCUT2D eigenvalue weighted by atomic mass is 9.87. The highest BCUT2D eigenvalue weighted by atomic mass is 16.5. The van der Waals surface area contributed by atoms with Crippen molar-refractivity contribution in [3.05, 3.63) is 47.5 Å². The molecule has 2 aliphatic heterocycles. The van der Waals surface area contributed by atoms with Crippen LogP contribution in [0, 0.1) is 12.8 Å². The third kappa shape index (κ3) is 5.40. The normalized spacial score (nSPS) is 24.9. The molecule has 2 atom stereocenters. The van der Waals surface area contributed by atoms with Gasteiger partial charge in [-0.1, -0.05) is 35.9 Å². The zero-order valence-electron chi connectivity index (χ0n) is 15.6. The monoisotopic (exact) mass is 358 g/mol. The largest absolute Gasteiger partial charge is 0.391 e. The van der Waals surface area contributed by atoms with Crippen LogP contribution in [0.25, 0.3) is 0 Å². The molecule has 0 bridgehead atoms. The first-order chi connectivity index (χ1) is 12.6. The van der Waals surface area contributed by atoms with Crippen LogP contribution >= 0.6 is 0 Å². The van der Waals surface area contributed by atoms with Gasteiger partial charge in [0.2, 0.25) is 5.91 Å². The zero-order chi connectivity index (χ0) is 18.4. The summed E-state index contributed by atoms with van der Waals surface area (Å²) in [5.74, 6) is 0.227. The van der Waals surface area contributed by atoms with E-state index in [1.54, 1.807) is 11.0 Å². The fourth-order valence-corrected chi connectivity index (χ4v) is 3.64. The molecule has 5 heteroatoms. The number of carbonyl (C=O) groups excluding carboxylic acids is 1. The minimum Gasteiger partial charge on any atom is -0.391 e. The molecule has 0 unspecified atom stereocenters. The summed E-state index contributed by atoms with van der Waals surface area (Å²) in [7, 11) is 0. The lowest BCUT2D eigenvalue weighted by molar-refractivity contribution is -0.130. The molecule has 0 spiro atoms. The maximum absolute atomic E-state index is 12.4. The van der Waals surface area contributed by atoms with E-state index >= 15 is 0 Å². The van der Waals surface area contributed by atoms with Gasteiger partial charge in [-0.15, -0.1) is 0 Å². The molecule has 2 heterocycles. The number of piperidine rings is 1. The number of nitrogens with zero attached hydrogens (tertiary/aromatic N) is 2. The number of benzene rings is 1. The topological polar surface area (TPSA) is 53.0 Å². The Bertz CT molecular complexity index is 608. The van der Waals surface area contributed by atoms with Crippen LogP contribution in [0.3, 0.4) is 0 Å². The molecule has 0 aromatic heterocycles. The molecule has 0 aliphatic carbocycles. The molecule has 26 heavy (non-hydrogen) atoms. The second-order valence-corrected chi connectivity index (χ2v) is 7.41. The van der Waals surface area contributed by atoms with Crippen LogP contribution in [-0.4, -0.2) is 72.9 Å². The molecule has 142 valence electrons. The summed E-state index contributed by atoms with van der Waals surface area (Å²) >= 11 is 0. The van der Waals surface area contributed by atoms with Crippen molar-refractivity contribution in [2.45, 2.75) is 25.9 Å². The molecule has 2 fully saturated rings. The average Bonchev–Trinajstić information content (AvgIpc) is 2.66. The lowest BCUT2D eigenvalue weighted by Crippen LogP contribution is -2.46. The summed E-state index contributed by atoms with van der Waals surface area (Å²) < 4.78 is 5.32. The lowest BCUT2D eigenvalue weighted by Gasteiger charge is -2.35. The van der Waals surface area contributed by atoms with E-state index in [0.717, 1.165) is 45.7 Å². The molecule has 5 nitrogen and oxygen atoms in total. The number of aliphatic hydroxyl groups is 1. The predicted molar refractivity (Wildman–Crippen MR) is 102 cm³/mol. The summed E-state index contributed by atoms with van der Waals surface area (Å²) in [6.07, 6.45) is 4.84. The second kappa shape index (κ2) is 9.31. The Kier molecular flexibility index (Phi) is 6.83. The number of amides is 1. The summed E-state index contributed by atoms with van der Waals surface area (Å²) in [5, 5.41) is 10.5. The number of ether oxygens (including phenoxy) is 1. The summed E-state index contributed by atoms with van der Waals surface area (Å²) in [5.41, 5.74) is 2.50. The van der Waals surface area contributed by atoms with E-state index in [-0.39, 0.29) is 11.8 Å². The number of aryl methyl sites for hydroxylation is 1. The van der Waals surface area contributed by atoms with Gasteiger partial charge in [0, 0.05) is 38.8 Å². The number of morpholine rings is 1. The second-order valence-electron chi connectivity index (χ2n) is 7.41. The number of carbonyl (C=O) groups is 1. The van der Waals surface area contributed by atoms with Crippen molar-refractivity contribution in [3.8, 4) is 0 Å². The van der Waals surface area contributed by atoms with E-state index in [1.165, 1.54) is 11.1 Å². The number of hydrogen-bond donors (Lipinski definition) is 1. The third-order valence-corrected chi connectivity index (χ3v) is 5.38. The number of hydrogen-bond acceptors (Lipinski definition) is 4. The third-order valence-electron chi connectivity index (χ3n) is 5.38. The number of likely N-dealkylation sites (tertiary alicyclic amines) is 1. The van der Waals surface area contributed by atoms with Crippen molar-refractivity contribution >= 4 is 5.91 Å². The van der Waals surface area contributed by atoms with Crippen LogP contribution in [0.2, 0.25) is 0 Å². The van der Waals surface area contributed by atoms with Crippen LogP contribution in [0.1, 0.15) is 17.5 Å². The fraction of sp³-hybridized carbons (Fsp3) is 0.571. The van der Waals surface area contributed by atoms with Gasteiger partial charge in [0.15, 0.2) is 0 Å². The van der Waals surface area contributed by atoms with E-state index in [1.807, 2.05) is 6.08 Å². The quantitative estimate of drug-likeness (QED) is 0.813. The minimum atomic E-state index is -0.457. The van der Waals surface area contributed by atoms with Crippen LogP contribution in [0.5, 0.6) is 0 Å². The van der Waals surface area contributed by atoms with Crippen molar-refractivity contribution in [1.29, 1.82) is 0 Å². The van der Waals surface area contributed by atoms with E-state index in [4.69, 9.17) is 4.74 Å². The van der Waals surface area contributed by atoms with Crippen LogP contribution in [0.4, 0.5) is 0 Å². The average molecular weight is 358 g/mol. The van der Waals surface area contributed by atoms with Gasteiger partial charge in [0.1, 0.15) is 0 Å². The van der Waals surface area contributed by atoms with E-state index in [0.29, 0.717) is 13.1 Å². The summed E-state index contributed by atoms with van der Waals surface area (Å²) in [4.78, 5) is 16.4. The van der Waals surface area contributed by atoms with E-state index in [9.17, 15) is 9.90 Å². The predicted octanol–water partition coefficient (Wildman–Crippen LogP) is 1.64. The molecule has 1 aromatic rings. The van der Waals surface area contributed by atoms with Crippen molar-refractivity contribution in [3.63, 3.8) is 0 Å². The van der Waals surface area contributed by atoms with Gasteiger partial charge in [-0.2, -0.15) is 0 Å². The van der Waals surface area contributed by atoms with Crippen molar-refractivity contribution < 1.29 is 14.6 Å². The molecule has 3 rings (SSSR count). The van der Waals surface area contributed by atoms with Crippen molar-refractivity contribution in [2.75, 3.05) is 45.9 Å².